The zero-order chi connectivity index (χ0) is 27.1. The molecule has 3 aromatic heterocycles. The molecule has 0 aliphatic heterocycles. The molecule has 0 aliphatic rings. The molecule has 41 heavy (non-hydrogen) atoms. The van der Waals surface area contributed by atoms with Gasteiger partial charge < -0.3 is 8.98 Å². The Bertz CT molecular complexity index is 2560. The Morgan fingerprint density at radius 2 is 1.39 bits per heavy atom. The number of furan rings is 1. The second-order valence-corrected chi connectivity index (χ2v) is 11.5. The van der Waals surface area contributed by atoms with Gasteiger partial charge in [-0.05, 0) is 54.1 Å². The van der Waals surface area contributed by atoms with Crippen LogP contribution in [0.2, 0.25) is 0 Å². The average Bonchev–Trinajstić information content (AvgIpc) is 3.69. The summed E-state index contributed by atoms with van der Waals surface area (Å²) < 4.78 is 11.0. The Balaban J connectivity index is 1.41. The lowest BCUT2D eigenvalue weighted by molar-refractivity contribution is 0.669. The standard InChI is InChI=1S/C37H20N2OS/c38-21-23-8-7-13-30(35(23)22-16-19-33-28(20-22)24-9-2-5-14-32(24)40-33)39-29-12-4-1-11-27(29)36-31(39)18-17-26-25-10-3-6-15-34(25)41-37(26)36/h1-20H. The molecule has 0 amide bonds. The highest BCUT2D eigenvalue weighted by atomic mass is 32.1. The van der Waals surface area contributed by atoms with Gasteiger partial charge in [0.05, 0.1) is 28.4 Å². The van der Waals surface area contributed by atoms with Crippen molar-refractivity contribution in [2.75, 3.05) is 0 Å². The SMILES string of the molecule is N#Cc1cccc(-n2c3ccccc3c3c4sc5ccccc5c4ccc32)c1-c1ccc2oc3ccccc3c2c1. The molecule has 0 saturated carbocycles. The van der Waals surface area contributed by atoms with Crippen molar-refractivity contribution in [2.45, 2.75) is 0 Å². The number of rotatable bonds is 2. The highest BCUT2D eigenvalue weighted by Crippen LogP contribution is 2.45. The molecule has 0 saturated heterocycles. The Morgan fingerprint density at radius 3 is 2.29 bits per heavy atom. The molecule has 190 valence electrons. The molecule has 9 aromatic rings. The Hall–Kier alpha value is -5.37. The van der Waals surface area contributed by atoms with Gasteiger partial charge in [-0.3, -0.25) is 0 Å². The van der Waals surface area contributed by atoms with E-state index in [1.54, 1.807) is 0 Å². The molecule has 0 bridgehead atoms. The van der Waals surface area contributed by atoms with Crippen molar-refractivity contribution in [1.82, 2.24) is 4.57 Å². The van der Waals surface area contributed by atoms with Crippen LogP contribution in [0.25, 0.3) is 80.7 Å². The zero-order valence-corrected chi connectivity index (χ0v) is 22.6. The molecule has 0 fully saturated rings. The zero-order valence-electron chi connectivity index (χ0n) is 21.8. The highest BCUT2D eigenvalue weighted by molar-refractivity contribution is 7.26. The van der Waals surface area contributed by atoms with Crippen LogP contribution in [0.4, 0.5) is 0 Å². The summed E-state index contributed by atoms with van der Waals surface area (Å²) in [6, 6.07) is 44.6. The third kappa shape index (κ3) is 3.07. The van der Waals surface area contributed by atoms with Crippen molar-refractivity contribution in [3.63, 3.8) is 0 Å². The lowest BCUT2D eigenvalue weighted by Crippen LogP contribution is -1.99. The van der Waals surface area contributed by atoms with Gasteiger partial charge in [0.15, 0.2) is 0 Å². The van der Waals surface area contributed by atoms with Crippen LogP contribution in [0.5, 0.6) is 0 Å². The maximum atomic E-state index is 10.3. The van der Waals surface area contributed by atoms with Gasteiger partial charge in [0.25, 0.3) is 0 Å². The third-order valence-corrected chi connectivity index (χ3v) is 9.45. The second kappa shape index (κ2) is 8.32. The van der Waals surface area contributed by atoms with Gasteiger partial charge in [-0.1, -0.05) is 72.8 Å². The Morgan fingerprint density at radius 1 is 0.610 bits per heavy atom. The number of hydrogen-bond acceptors (Lipinski definition) is 3. The summed E-state index contributed by atoms with van der Waals surface area (Å²) in [5.74, 6) is 0. The van der Waals surface area contributed by atoms with E-state index in [0.29, 0.717) is 5.56 Å². The van der Waals surface area contributed by atoms with Gasteiger partial charge in [0.1, 0.15) is 11.2 Å². The largest absolute Gasteiger partial charge is 0.456 e. The summed E-state index contributed by atoms with van der Waals surface area (Å²) in [5.41, 5.74) is 7.51. The molecule has 0 atom stereocenters. The number of benzene rings is 6. The molecule has 0 spiro atoms. The number of hydrogen-bond donors (Lipinski definition) is 0. The van der Waals surface area contributed by atoms with Crippen molar-refractivity contribution < 1.29 is 4.42 Å². The van der Waals surface area contributed by atoms with Gasteiger partial charge in [-0.15, -0.1) is 11.3 Å². The first-order valence-electron chi connectivity index (χ1n) is 13.6. The van der Waals surface area contributed by atoms with Crippen LogP contribution < -0.4 is 0 Å². The van der Waals surface area contributed by atoms with Gasteiger partial charge >= 0.3 is 0 Å². The summed E-state index contributed by atoms with van der Waals surface area (Å²) in [7, 11) is 0. The van der Waals surface area contributed by atoms with E-state index in [4.69, 9.17) is 4.42 Å². The van der Waals surface area contributed by atoms with Crippen molar-refractivity contribution in [3.8, 4) is 22.9 Å². The van der Waals surface area contributed by atoms with E-state index in [0.717, 1.165) is 49.8 Å². The fraction of sp³-hybridized carbons (Fsp3) is 0. The molecule has 0 N–H and O–H groups in total. The van der Waals surface area contributed by atoms with Crippen molar-refractivity contribution >= 4 is 75.3 Å². The minimum absolute atomic E-state index is 0.642. The first-order chi connectivity index (χ1) is 20.3. The molecule has 0 radical (unpaired) electrons. The highest BCUT2D eigenvalue weighted by Gasteiger charge is 2.21. The Labute approximate surface area is 238 Å². The predicted molar refractivity (Wildman–Crippen MR) is 171 cm³/mol. The smallest absolute Gasteiger partial charge is 0.135 e. The summed E-state index contributed by atoms with van der Waals surface area (Å²) in [6.07, 6.45) is 0. The van der Waals surface area contributed by atoms with Gasteiger partial charge in [-0.2, -0.15) is 5.26 Å². The van der Waals surface area contributed by atoms with Crippen LogP contribution in [0.1, 0.15) is 5.56 Å². The van der Waals surface area contributed by atoms with Crippen LogP contribution in [-0.4, -0.2) is 4.57 Å². The minimum atomic E-state index is 0.642. The van der Waals surface area contributed by atoms with Gasteiger partial charge in [0.2, 0.25) is 0 Å². The number of aromatic nitrogens is 1. The molecule has 3 nitrogen and oxygen atoms in total. The first kappa shape index (κ1) is 22.4. The average molecular weight is 541 g/mol. The maximum Gasteiger partial charge on any atom is 0.135 e. The van der Waals surface area contributed by atoms with E-state index in [2.05, 4.69) is 95.6 Å². The second-order valence-electron chi connectivity index (χ2n) is 10.4. The van der Waals surface area contributed by atoms with Crippen LogP contribution in [0.15, 0.2) is 126 Å². The van der Waals surface area contributed by atoms with Crippen molar-refractivity contribution in [3.05, 3.63) is 127 Å². The van der Waals surface area contributed by atoms with Crippen molar-refractivity contribution in [2.24, 2.45) is 0 Å². The lowest BCUT2D eigenvalue weighted by atomic mass is 9.96. The van der Waals surface area contributed by atoms with E-state index in [-0.39, 0.29) is 0 Å². The number of fused-ring (bicyclic) bond motifs is 10. The number of para-hydroxylation sites is 2. The topological polar surface area (TPSA) is 41.9 Å². The van der Waals surface area contributed by atoms with E-state index >= 15 is 0 Å². The third-order valence-electron chi connectivity index (χ3n) is 8.25. The lowest BCUT2D eigenvalue weighted by Gasteiger charge is -2.15. The van der Waals surface area contributed by atoms with Crippen LogP contribution in [0, 0.1) is 11.3 Å². The summed E-state index contributed by atoms with van der Waals surface area (Å²) >= 11 is 1.85. The van der Waals surface area contributed by atoms with E-state index in [1.165, 1.54) is 30.9 Å². The minimum Gasteiger partial charge on any atom is -0.456 e. The molecular formula is C37H20N2OS. The molecule has 6 aromatic carbocycles. The molecule has 0 aliphatic carbocycles. The number of nitrogens with zero attached hydrogens (tertiary/aromatic N) is 2. The summed E-state index contributed by atoms with van der Waals surface area (Å²) in [5, 5.41) is 17.5. The number of nitriles is 1. The summed E-state index contributed by atoms with van der Waals surface area (Å²) in [6.45, 7) is 0. The predicted octanol–water partition coefficient (Wildman–Crippen LogP) is 10.6. The maximum absolute atomic E-state index is 10.3. The fourth-order valence-electron chi connectivity index (χ4n) is 6.50. The van der Waals surface area contributed by atoms with Crippen LogP contribution in [-0.2, 0) is 0 Å². The normalized spacial score (nSPS) is 11.9. The first-order valence-corrected chi connectivity index (χ1v) is 14.4. The van der Waals surface area contributed by atoms with Gasteiger partial charge in [0, 0.05) is 47.3 Å². The monoisotopic (exact) mass is 540 g/mol. The quantitative estimate of drug-likeness (QED) is 0.219. The molecule has 9 rings (SSSR count). The molecule has 4 heteroatoms. The van der Waals surface area contributed by atoms with Gasteiger partial charge in [-0.25, -0.2) is 0 Å². The Kier molecular flexibility index (Phi) is 4.55. The van der Waals surface area contributed by atoms with E-state index < -0.39 is 0 Å². The van der Waals surface area contributed by atoms with E-state index in [1.807, 2.05) is 47.7 Å². The number of thiophene rings is 1. The fourth-order valence-corrected chi connectivity index (χ4v) is 7.76. The van der Waals surface area contributed by atoms with E-state index in [9.17, 15) is 5.26 Å². The van der Waals surface area contributed by atoms with Crippen LogP contribution in [0.3, 0.4) is 0 Å². The molecular weight excluding hydrogens is 520 g/mol. The molecule has 0 unspecified atom stereocenters. The van der Waals surface area contributed by atoms with Crippen LogP contribution >= 0.6 is 11.3 Å². The summed E-state index contributed by atoms with van der Waals surface area (Å²) in [4.78, 5) is 0. The molecule has 3 heterocycles. The van der Waals surface area contributed by atoms with Crippen molar-refractivity contribution in [1.29, 1.82) is 5.26 Å².